The monoisotopic (exact) mass is 453 g/mol. The zero-order valence-electron chi connectivity index (χ0n) is 17.0. The molecule has 1 aliphatic rings. The van der Waals surface area contributed by atoms with E-state index in [0.717, 1.165) is 17.7 Å². The van der Waals surface area contributed by atoms with Gasteiger partial charge in [-0.1, -0.05) is 12.1 Å². The molecule has 1 aliphatic heterocycles. The molecule has 0 saturated carbocycles. The van der Waals surface area contributed by atoms with Crippen LogP contribution in [0, 0.1) is 17.5 Å². The van der Waals surface area contributed by atoms with Gasteiger partial charge in [-0.25, -0.2) is 26.6 Å². The van der Waals surface area contributed by atoms with E-state index in [4.69, 9.17) is 0 Å². The number of halogens is 3. The van der Waals surface area contributed by atoms with Gasteiger partial charge in [-0.15, -0.1) is 0 Å². The van der Waals surface area contributed by atoms with Crippen molar-refractivity contribution in [2.24, 2.45) is 0 Å². The van der Waals surface area contributed by atoms with Gasteiger partial charge in [-0.05, 0) is 31.9 Å². The van der Waals surface area contributed by atoms with E-state index in [1.54, 1.807) is 4.90 Å². The number of carbonyl (C=O) groups excluding carboxylic acids is 1. The number of pyridine rings is 1. The summed E-state index contributed by atoms with van der Waals surface area (Å²) in [6.45, 7) is 1.99. The molecule has 0 radical (unpaired) electrons. The molecule has 1 fully saturated rings. The average Bonchev–Trinajstić information content (AvgIpc) is 3.15. The minimum atomic E-state index is -3.36. The molecule has 6 nitrogen and oxygen atoms in total. The van der Waals surface area contributed by atoms with Gasteiger partial charge in [-0.2, -0.15) is 0 Å². The quantitative estimate of drug-likeness (QED) is 0.724. The Kier molecular flexibility index (Phi) is 6.68. The smallest absolute Gasteiger partial charge is 0.273 e. The summed E-state index contributed by atoms with van der Waals surface area (Å²) < 4.78 is 65.5. The third kappa shape index (κ3) is 5.43. The third-order valence-electron chi connectivity index (χ3n) is 4.93. The van der Waals surface area contributed by atoms with Crippen LogP contribution in [0.4, 0.5) is 18.9 Å². The van der Waals surface area contributed by atoms with Gasteiger partial charge in [0.2, 0.25) is 0 Å². The minimum Gasteiger partial charge on any atom is -0.363 e. The number of carbonyl (C=O) groups is 1. The number of aromatic nitrogens is 1. The van der Waals surface area contributed by atoms with Crippen LogP contribution in [0.5, 0.6) is 0 Å². The summed E-state index contributed by atoms with van der Waals surface area (Å²) in [4.78, 5) is 17.9. The van der Waals surface area contributed by atoms with E-state index in [1.807, 2.05) is 0 Å². The van der Waals surface area contributed by atoms with Crippen molar-refractivity contribution < 1.29 is 26.4 Å². The third-order valence-corrected chi connectivity index (χ3v) is 5.58. The fraction of sp³-hybridized carbons (Fsp3) is 0.333. The fourth-order valence-corrected chi connectivity index (χ4v) is 4.06. The van der Waals surface area contributed by atoms with Gasteiger partial charge in [-0.3, -0.25) is 4.79 Å². The summed E-state index contributed by atoms with van der Waals surface area (Å²) in [5.74, 6) is -3.04. The number of amides is 1. The van der Waals surface area contributed by atoms with Crippen LogP contribution >= 0.6 is 0 Å². The van der Waals surface area contributed by atoms with Crippen molar-refractivity contribution in [1.82, 2.24) is 10.3 Å². The summed E-state index contributed by atoms with van der Waals surface area (Å²) in [5, 5.41) is 3.39. The number of rotatable bonds is 6. The number of hydrogen-bond acceptors (Lipinski definition) is 5. The normalized spacial score (nSPS) is 17.8. The lowest BCUT2D eigenvalue weighted by Crippen LogP contribution is -2.32. The molecule has 2 aromatic rings. The molecule has 1 aromatic carbocycles. The molecule has 1 saturated heterocycles. The first kappa shape index (κ1) is 22.8. The molecule has 2 heterocycles. The minimum absolute atomic E-state index is 0.0753. The van der Waals surface area contributed by atoms with Gasteiger partial charge in [0.05, 0.1) is 17.9 Å². The van der Waals surface area contributed by atoms with Gasteiger partial charge < -0.3 is 10.2 Å². The summed E-state index contributed by atoms with van der Waals surface area (Å²) in [7, 11) is -3.36. The Bertz CT molecular complexity index is 1100. The molecule has 166 valence electrons. The van der Waals surface area contributed by atoms with E-state index >= 15 is 0 Å². The van der Waals surface area contributed by atoms with Crippen molar-refractivity contribution in [3.05, 3.63) is 70.7 Å². The van der Waals surface area contributed by atoms with Crippen LogP contribution in [0.2, 0.25) is 0 Å². The molecule has 1 amide bonds. The van der Waals surface area contributed by atoms with Crippen molar-refractivity contribution >= 4 is 21.4 Å². The number of nitrogens with zero attached hydrogens (tertiary/aromatic N) is 2. The van der Waals surface area contributed by atoms with Crippen LogP contribution in [-0.2, 0) is 9.84 Å². The van der Waals surface area contributed by atoms with Crippen LogP contribution in [-0.4, -0.2) is 38.2 Å². The van der Waals surface area contributed by atoms with E-state index in [2.05, 4.69) is 10.3 Å². The lowest BCUT2D eigenvalue weighted by molar-refractivity contribution is 0.0937. The highest BCUT2D eigenvalue weighted by Crippen LogP contribution is 2.38. The van der Waals surface area contributed by atoms with E-state index in [9.17, 15) is 26.4 Å². The van der Waals surface area contributed by atoms with Gasteiger partial charge >= 0.3 is 0 Å². The summed E-state index contributed by atoms with van der Waals surface area (Å²) >= 11 is 0. The molecule has 31 heavy (non-hydrogen) atoms. The van der Waals surface area contributed by atoms with Crippen molar-refractivity contribution in [1.29, 1.82) is 0 Å². The van der Waals surface area contributed by atoms with Crippen LogP contribution in [0.15, 0.2) is 41.9 Å². The highest BCUT2D eigenvalue weighted by Gasteiger charge is 2.31. The largest absolute Gasteiger partial charge is 0.363 e. The second kappa shape index (κ2) is 9.09. The lowest BCUT2D eigenvalue weighted by Gasteiger charge is -2.27. The van der Waals surface area contributed by atoms with Crippen LogP contribution in [0.1, 0.15) is 41.9 Å². The van der Waals surface area contributed by atoms with Crippen molar-refractivity contribution in [2.45, 2.75) is 31.8 Å². The summed E-state index contributed by atoms with van der Waals surface area (Å²) in [6, 6.07) is 3.48. The second-order valence-electron chi connectivity index (χ2n) is 7.43. The topological polar surface area (TPSA) is 79.4 Å². The Morgan fingerprint density at radius 2 is 1.94 bits per heavy atom. The molecule has 0 bridgehead atoms. The molecule has 2 atom stereocenters. The van der Waals surface area contributed by atoms with Crippen molar-refractivity contribution in [3.8, 4) is 0 Å². The first-order valence-electron chi connectivity index (χ1n) is 9.62. The standard InChI is InChI=1S/C21H22F3N3O3S/c1-13(8-10-31(2,29)30)26-21(28)20-17(24)11-14(12-25-20)27-9-4-7-18(27)19-15(22)5-3-6-16(19)23/h3,5-6,8,10-13,18H,4,7,9H2,1-2H3,(H,26,28)/b10-8+/t13-,18?/m1/s1. The molecule has 3 rings (SSSR count). The number of benzene rings is 1. The Morgan fingerprint density at radius 3 is 2.55 bits per heavy atom. The van der Waals surface area contributed by atoms with Crippen molar-refractivity contribution in [2.75, 3.05) is 17.7 Å². The van der Waals surface area contributed by atoms with Crippen LogP contribution in [0.25, 0.3) is 0 Å². The summed E-state index contributed by atoms with van der Waals surface area (Å²) in [6.07, 6.45) is 4.71. The molecule has 0 spiro atoms. The maximum Gasteiger partial charge on any atom is 0.273 e. The zero-order chi connectivity index (χ0) is 22.8. The number of hydrogen-bond donors (Lipinski definition) is 1. The first-order chi connectivity index (χ1) is 14.6. The maximum atomic E-state index is 14.7. The Balaban J connectivity index is 1.80. The summed E-state index contributed by atoms with van der Waals surface area (Å²) in [5.41, 5.74) is -0.228. The van der Waals surface area contributed by atoms with Crippen molar-refractivity contribution in [3.63, 3.8) is 0 Å². The Morgan fingerprint density at radius 1 is 1.26 bits per heavy atom. The zero-order valence-corrected chi connectivity index (χ0v) is 17.8. The van der Waals surface area contributed by atoms with Gasteiger partial charge in [0.15, 0.2) is 21.3 Å². The van der Waals surface area contributed by atoms with Crippen LogP contribution < -0.4 is 10.2 Å². The SMILES string of the molecule is C[C@H](/C=C/S(C)(=O)=O)NC(=O)c1ncc(N2CCCC2c2c(F)cccc2F)cc1F. The Hall–Kier alpha value is -2.88. The van der Waals surface area contributed by atoms with Crippen LogP contribution in [0.3, 0.4) is 0 Å². The number of sulfone groups is 1. The Labute approximate surface area is 178 Å². The number of anilines is 1. The fourth-order valence-electron chi connectivity index (χ4n) is 3.54. The van der Waals surface area contributed by atoms with E-state index in [1.165, 1.54) is 37.4 Å². The highest BCUT2D eigenvalue weighted by molar-refractivity contribution is 7.93. The predicted octanol–water partition coefficient (Wildman–Crippen LogP) is 3.52. The van der Waals surface area contributed by atoms with E-state index < -0.39 is 51.0 Å². The van der Waals surface area contributed by atoms with Gasteiger partial charge in [0.25, 0.3) is 5.91 Å². The lowest BCUT2D eigenvalue weighted by atomic mass is 10.0. The molecule has 0 aliphatic carbocycles. The highest BCUT2D eigenvalue weighted by atomic mass is 32.2. The first-order valence-corrected chi connectivity index (χ1v) is 11.6. The maximum absolute atomic E-state index is 14.7. The van der Waals surface area contributed by atoms with E-state index in [0.29, 0.717) is 25.1 Å². The molecular weight excluding hydrogens is 431 g/mol. The molecule has 1 N–H and O–H groups in total. The molecule has 1 unspecified atom stereocenters. The van der Waals surface area contributed by atoms with E-state index in [-0.39, 0.29) is 5.56 Å². The molecule has 1 aromatic heterocycles. The number of nitrogens with one attached hydrogen (secondary N) is 1. The van der Waals surface area contributed by atoms with Gasteiger partial charge in [0, 0.05) is 35.9 Å². The average molecular weight is 453 g/mol. The molecule has 10 heteroatoms. The molecular formula is C21H22F3N3O3S. The second-order valence-corrected chi connectivity index (χ2v) is 9.36. The van der Waals surface area contributed by atoms with Gasteiger partial charge in [0.1, 0.15) is 11.6 Å². The predicted molar refractivity (Wildman–Crippen MR) is 111 cm³/mol.